The van der Waals surface area contributed by atoms with E-state index in [1.807, 2.05) is 42.5 Å². The van der Waals surface area contributed by atoms with Gasteiger partial charge in [0, 0.05) is 25.8 Å². The first-order valence-electron chi connectivity index (χ1n) is 8.36. The Morgan fingerprint density at radius 1 is 1.04 bits per heavy atom. The molecule has 2 aromatic carbocycles. The zero-order valence-electron chi connectivity index (χ0n) is 14.6. The molecule has 0 fully saturated rings. The van der Waals surface area contributed by atoms with Gasteiger partial charge in [-0.2, -0.15) is 0 Å². The van der Waals surface area contributed by atoms with Crippen molar-refractivity contribution in [2.75, 3.05) is 27.1 Å². The van der Waals surface area contributed by atoms with E-state index < -0.39 is 0 Å². The summed E-state index contributed by atoms with van der Waals surface area (Å²) in [4.78, 5) is 12.1. The van der Waals surface area contributed by atoms with Gasteiger partial charge in [0.15, 0.2) is 11.5 Å². The Morgan fingerprint density at radius 3 is 2.73 bits per heavy atom. The predicted molar refractivity (Wildman–Crippen MR) is 95.5 cm³/mol. The number of urea groups is 1. The van der Waals surface area contributed by atoms with E-state index in [0.29, 0.717) is 32.1 Å². The molecule has 0 saturated carbocycles. The van der Waals surface area contributed by atoms with Gasteiger partial charge < -0.3 is 29.6 Å². The number of carbonyl (C=O) groups is 1. The van der Waals surface area contributed by atoms with E-state index in [1.165, 1.54) is 0 Å². The average Bonchev–Trinajstić information content (AvgIpc) is 3.13. The number of ether oxygens (including phenoxy) is 4. The molecule has 0 saturated heterocycles. The fourth-order valence-corrected chi connectivity index (χ4v) is 2.50. The lowest BCUT2D eigenvalue weighted by molar-refractivity contribution is 0.145. The number of fused-ring (bicyclic) bond motifs is 1. The molecule has 0 aromatic heterocycles. The van der Waals surface area contributed by atoms with Crippen LogP contribution in [0.15, 0.2) is 42.5 Å². The van der Waals surface area contributed by atoms with Crippen LogP contribution in [0.2, 0.25) is 0 Å². The lowest BCUT2D eigenvalue weighted by Gasteiger charge is -2.12. The molecule has 0 aliphatic carbocycles. The number of hydrogen-bond acceptors (Lipinski definition) is 5. The maximum Gasteiger partial charge on any atom is 0.315 e. The molecule has 138 valence electrons. The Kier molecular flexibility index (Phi) is 6.16. The SMILES string of the molecule is COCCOc1ccccc1CNC(=O)NCc1ccc2c(c1)OCO2. The van der Waals surface area contributed by atoms with Crippen LogP contribution < -0.4 is 24.8 Å². The first-order chi connectivity index (χ1) is 12.8. The maximum absolute atomic E-state index is 12.1. The van der Waals surface area contributed by atoms with Gasteiger partial charge in [-0.1, -0.05) is 24.3 Å². The van der Waals surface area contributed by atoms with Gasteiger partial charge in [-0.05, 0) is 23.8 Å². The molecule has 0 spiro atoms. The van der Waals surface area contributed by atoms with Crippen LogP contribution in [0, 0.1) is 0 Å². The molecule has 26 heavy (non-hydrogen) atoms. The topological polar surface area (TPSA) is 78.1 Å². The summed E-state index contributed by atoms with van der Waals surface area (Å²) in [6.45, 7) is 1.98. The molecular formula is C19H22N2O5. The molecule has 2 aromatic rings. The smallest absolute Gasteiger partial charge is 0.315 e. The van der Waals surface area contributed by atoms with Crippen LogP contribution in [0.1, 0.15) is 11.1 Å². The number of rotatable bonds is 8. The lowest BCUT2D eigenvalue weighted by atomic mass is 10.2. The zero-order chi connectivity index (χ0) is 18.2. The first kappa shape index (κ1) is 17.9. The Hall–Kier alpha value is -2.93. The van der Waals surface area contributed by atoms with Gasteiger partial charge in [0.25, 0.3) is 0 Å². The summed E-state index contributed by atoms with van der Waals surface area (Å²) < 4.78 is 21.2. The molecule has 2 N–H and O–H groups in total. The molecule has 1 heterocycles. The Bertz CT molecular complexity index is 750. The van der Waals surface area contributed by atoms with Crippen LogP contribution in [-0.4, -0.2) is 33.1 Å². The second kappa shape index (κ2) is 8.96. The van der Waals surface area contributed by atoms with E-state index in [9.17, 15) is 4.79 Å². The zero-order valence-corrected chi connectivity index (χ0v) is 14.6. The number of amides is 2. The number of hydrogen-bond donors (Lipinski definition) is 2. The Labute approximate surface area is 152 Å². The third-order valence-electron chi connectivity index (χ3n) is 3.85. The molecule has 2 amide bonds. The molecule has 3 rings (SSSR count). The average molecular weight is 358 g/mol. The summed E-state index contributed by atoms with van der Waals surface area (Å²) in [5.74, 6) is 2.16. The molecule has 0 unspecified atom stereocenters. The Balaban J connectivity index is 1.47. The molecule has 7 nitrogen and oxygen atoms in total. The quantitative estimate of drug-likeness (QED) is 0.709. The van der Waals surface area contributed by atoms with E-state index >= 15 is 0 Å². The second-order valence-corrected chi connectivity index (χ2v) is 5.67. The lowest BCUT2D eigenvalue weighted by Crippen LogP contribution is -2.34. The molecule has 0 radical (unpaired) electrons. The monoisotopic (exact) mass is 358 g/mol. The number of para-hydroxylation sites is 1. The van der Waals surface area contributed by atoms with Gasteiger partial charge in [0.2, 0.25) is 6.79 Å². The summed E-state index contributed by atoms with van der Waals surface area (Å²) in [6.07, 6.45) is 0. The van der Waals surface area contributed by atoms with Crippen molar-refractivity contribution in [2.24, 2.45) is 0 Å². The van der Waals surface area contributed by atoms with E-state index in [2.05, 4.69) is 10.6 Å². The summed E-state index contributed by atoms with van der Waals surface area (Å²) >= 11 is 0. The highest BCUT2D eigenvalue weighted by atomic mass is 16.7. The van der Waals surface area contributed by atoms with Crippen LogP contribution in [0.5, 0.6) is 17.2 Å². The van der Waals surface area contributed by atoms with Crippen molar-refractivity contribution in [3.05, 3.63) is 53.6 Å². The van der Waals surface area contributed by atoms with Crippen molar-refractivity contribution in [1.82, 2.24) is 10.6 Å². The van der Waals surface area contributed by atoms with E-state index in [-0.39, 0.29) is 12.8 Å². The number of benzene rings is 2. The van der Waals surface area contributed by atoms with Crippen LogP contribution in [0.3, 0.4) is 0 Å². The van der Waals surface area contributed by atoms with Crippen LogP contribution >= 0.6 is 0 Å². The molecule has 1 aliphatic rings. The molecule has 7 heteroatoms. The molecule has 1 aliphatic heterocycles. The van der Waals surface area contributed by atoms with Crippen molar-refractivity contribution in [2.45, 2.75) is 13.1 Å². The number of carbonyl (C=O) groups excluding carboxylic acids is 1. The minimum Gasteiger partial charge on any atom is -0.491 e. The van der Waals surface area contributed by atoms with E-state index in [1.54, 1.807) is 7.11 Å². The largest absolute Gasteiger partial charge is 0.491 e. The Morgan fingerprint density at radius 2 is 1.85 bits per heavy atom. The molecular weight excluding hydrogens is 336 g/mol. The van der Waals surface area contributed by atoms with Crippen molar-refractivity contribution in [3.63, 3.8) is 0 Å². The van der Waals surface area contributed by atoms with Gasteiger partial charge in [0.05, 0.1) is 6.61 Å². The fourth-order valence-electron chi connectivity index (χ4n) is 2.50. The maximum atomic E-state index is 12.1. The fraction of sp³-hybridized carbons (Fsp3) is 0.316. The van der Waals surface area contributed by atoms with Gasteiger partial charge in [0.1, 0.15) is 12.4 Å². The van der Waals surface area contributed by atoms with Gasteiger partial charge in [-0.15, -0.1) is 0 Å². The third kappa shape index (κ3) is 4.80. The van der Waals surface area contributed by atoms with Crippen molar-refractivity contribution in [1.29, 1.82) is 0 Å². The van der Waals surface area contributed by atoms with Crippen LogP contribution in [-0.2, 0) is 17.8 Å². The van der Waals surface area contributed by atoms with Crippen LogP contribution in [0.25, 0.3) is 0 Å². The summed E-state index contributed by atoms with van der Waals surface area (Å²) in [7, 11) is 1.63. The minimum atomic E-state index is -0.255. The number of nitrogens with one attached hydrogen (secondary N) is 2. The first-order valence-corrected chi connectivity index (χ1v) is 8.36. The van der Waals surface area contributed by atoms with Crippen molar-refractivity contribution >= 4 is 6.03 Å². The highest BCUT2D eigenvalue weighted by Gasteiger charge is 2.13. The summed E-state index contributed by atoms with van der Waals surface area (Å²) in [6, 6.07) is 12.9. The highest BCUT2D eigenvalue weighted by molar-refractivity contribution is 5.74. The molecule has 0 atom stereocenters. The summed E-state index contributed by atoms with van der Waals surface area (Å²) in [5, 5.41) is 5.66. The normalized spacial score (nSPS) is 11.9. The van der Waals surface area contributed by atoms with Crippen molar-refractivity contribution < 1.29 is 23.7 Å². The van der Waals surface area contributed by atoms with E-state index in [0.717, 1.165) is 22.6 Å². The number of methoxy groups -OCH3 is 1. The van der Waals surface area contributed by atoms with Crippen molar-refractivity contribution in [3.8, 4) is 17.2 Å². The van der Waals surface area contributed by atoms with Crippen LogP contribution in [0.4, 0.5) is 4.79 Å². The highest BCUT2D eigenvalue weighted by Crippen LogP contribution is 2.32. The standard InChI is InChI=1S/C19H22N2O5/c1-23-8-9-24-16-5-3-2-4-15(16)12-21-19(22)20-11-14-6-7-17-18(10-14)26-13-25-17/h2-7,10H,8-9,11-13H2,1H3,(H2,20,21,22). The molecule has 0 bridgehead atoms. The minimum absolute atomic E-state index is 0.235. The van der Waals surface area contributed by atoms with E-state index in [4.69, 9.17) is 18.9 Å². The summed E-state index contributed by atoms with van der Waals surface area (Å²) in [5.41, 5.74) is 1.84. The van der Waals surface area contributed by atoms with Gasteiger partial charge in [-0.25, -0.2) is 4.79 Å². The van der Waals surface area contributed by atoms with Gasteiger partial charge in [-0.3, -0.25) is 0 Å². The van der Waals surface area contributed by atoms with Gasteiger partial charge >= 0.3 is 6.03 Å². The predicted octanol–water partition coefficient (Wildman–Crippen LogP) is 2.44. The second-order valence-electron chi connectivity index (χ2n) is 5.67. The third-order valence-corrected chi connectivity index (χ3v) is 3.85.